The largest absolute Gasteiger partial charge is 0.354 e. The maximum absolute atomic E-state index is 13.0. The Kier molecular flexibility index (Phi) is 8.87. The van der Waals surface area contributed by atoms with E-state index in [1.165, 1.54) is 11.8 Å². The molecule has 2 aromatic carbocycles. The van der Waals surface area contributed by atoms with Gasteiger partial charge in [0.25, 0.3) is 0 Å². The van der Waals surface area contributed by atoms with Gasteiger partial charge in [-0.05, 0) is 50.1 Å². The summed E-state index contributed by atoms with van der Waals surface area (Å²) in [5.74, 6) is 0.0683. The zero-order valence-electron chi connectivity index (χ0n) is 16.6. The third-order valence-electron chi connectivity index (χ3n) is 4.33. The van der Waals surface area contributed by atoms with Crippen LogP contribution in [0.1, 0.15) is 31.4 Å². The first-order valence-electron chi connectivity index (χ1n) is 9.41. The Balaban J connectivity index is 2.12. The van der Waals surface area contributed by atoms with Gasteiger partial charge in [0.2, 0.25) is 11.8 Å². The quantitative estimate of drug-likeness (QED) is 0.601. The number of nitrogens with zero attached hydrogens (tertiary/aromatic N) is 1. The SMILES string of the molecule is CCCNC(=O)[C@H](C)N(Cc1cccc(C)c1)C(=O)CSc1ccc(Cl)cc1. The van der Waals surface area contributed by atoms with Gasteiger partial charge in [-0.1, -0.05) is 48.4 Å². The molecule has 2 amide bonds. The number of thioether (sulfide) groups is 1. The highest BCUT2D eigenvalue weighted by atomic mass is 35.5. The Morgan fingerprint density at radius 1 is 1.18 bits per heavy atom. The van der Waals surface area contributed by atoms with E-state index in [2.05, 4.69) is 5.32 Å². The summed E-state index contributed by atoms with van der Waals surface area (Å²) in [5, 5.41) is 3.56. The predicted molar refractivity (Wildman–Crippen MR) is 117 cm³/mol. The minimum atomic E-state index is -0.537. The highest BCUT2D eigenvalue weighted by Crippen LogP contribution is 2.22. The molecule has 1 N–H and O–H groups in total. The Labute approximate surface area is 176 Å². The van der Waals surface area contributed by atoms with Crippen molar-refractivity contribution >= 4 is 35.2 Å². The van der Waals surface area contributed by atoms with Gasteiger partial charge < -0.3 is 10.2 Å². The fraction of sp³-hybridized carbons (Fsp3) is 0.364. The van der Waals surface area contributed by atoms with Crippen LogP contribution in [0.4, 0.5) is 0 Å². The average molecular weight is 419 g/mol. The molecule has 0 radical (unpaired) electrons. The number of aryl methyl sites for hydroxylation is 1. The van der Waals surface area contributed by atoms with E-state index < -0.39 is 6.04 Å². The molecule has 6 heteroatoms. The van der Waals surface area contributed by atoms with E-state index >= 15 is 0 Å². The molecule has 1 atom stereocenters. The molecule has 2 aromatic rings. The predicted octanol–water partition coefficient (Wildman–Crippen LogP) is 4.68. The molecule has 0 aliphatic heterocycles. The van der Waals surface area contributed by atoms with Crippen molar-refractivity contribution < 1.29 is 9.59 Å². The van der Waals surface area contributed by atoms with E-state index in [1.54, 1.807) is 24.0 Å². The summed E-state index contributed by atoms with van der Waals surface area (Å²) in [4.78, 5) is 28.1. The Morgan fingerprint density at radius 3 is 2.54 bits per heavy atom. The molecular formula is C22H27ClN2O2S. The minimum Gasteiger partial charge on any atom is -0.354 e. The van der Waals surface area contributed by atoms with Crippen LogP contribution >= 0.6 is 23.4 Å². The molecule has 2 rings (SSSR count). The van der Waals surface area contributed by atoms with Crippen LogP contribution in [0.25, 0.3) is 0 Å². The zero-order valence-corrected chi connectivity index (χ0v) is 18.1. The maximum atomic E-state index is 13.0. The van der Waals surface area contributed by atoms with Gasteiger partial charge in [0.1, 0.15) is 6.04 Å². The van der Waals surface area contributed by atoms with Gasteiger partial charge >= 0.3 is 0 Å². The van der Waals surface area contributed by atoms with Crippen molar-refractivity contribution in [1.29, 1.82) is 0 Å². The molecule has 0 aliphatic rings. The Morgan fingerprint density at radius 2 is 1.89 bits per heavy atom. The van der Waals surface area contributed by atoms with E-state index in [9.17, 15) is 9.59 Å². The van der Waals surface area contributed by atoms with Crippen LogP contribution in [0.15, 0.2) is 53.4 Å². The summed E-state index contributed by atoms with van der Waals surface area (Å²) >= 11 is 7.36. The first kappa shape index (κ1) is 22.3. The molecule has 0 aliphatic carbocycles. The molecule has 0 saturated heterocycles. The molecule has 0 aromatic heterocycles. The van der Waals surface area contributed by atoms with E-state index in [4.69, 9.17) is 11.6 Å². The van der Waals surface area contributed by atoms with E-state index in [0.717, 1.165) is 22.4 Å². The lowest BCUT2D eigenvalue weighted by atomic mass is 10.1. The number of hydrogen-bond donors (Lipinski definition) is 1. The average Bonchev–Trinajstić information content (AvgIpc) is 2.69. The van der Waals surface area contributed by atoms with Crippen molar-refractivity contribution in [2.75, 3.05) is 12.3 Å². The Hall–Kier alpha value is -1.98. The van der Waals surface area contributed by atoms with Crippen LogP contribution in [0.5, 0.6) is 0 Å². The number of carbonyl (C=O) groups is 2. The molecular weight excluding hydrogens is 392 g/mol. The fourth-order valence-electron chi connectivity index (χ4n) is 2.74. The molecule has 0 heterocycles. The van der Waals surface area contributed by atoms with E-state index in [0.29, 0.717) is 18.1 Å². The van der Waals surface area contributed by atoms with Gasteiger partial charge in [0, 0.05) is 23.0 Å². The normalized spacial score (nSPS) is 11.7. The fourth-order valence-corrected chi connectivity index (χ4v) is 3.66. The lowest BCUT2D eigenvalue weighted by Gasteiger charge is -2.29. The number of amides is 2. The molecule has 0 fully saturated rings. The molecule has 4 nitrogen and oxygen atoms in total. The van der Waals surface area contributed by atoms with Crippen molar-refractivity contribution in [2.24, 2.45) is 0 Å². The molecule has 0 saturated carbocycles. The lowest BCUT2D eigenvalue weighted by molar-refractivity contribution is -0.138. The van der Waals surface area contributed by atoms with Crippen LogP contribution in [0.3, 0.4) is 0 Å². The second-order valence-electron chi connectivity index (χ2n) is 6.72. The number of carbonyl (C=O) groups excluding carboxylic acids is 2. The van der Waals surface area contributed by atoms with E-state index in [-0.39, 0.29) is 17.6 Å². The summed E-state index contributed by atoms with van der Waals surface area (Å²) in [6.45, 7) is 6.82. The van der Waals surface area contributed by atoms with Crippen LogP contribution < -0.4 is 5.32 Å². The molecule has 0 spiro atoms. The lowest BCUT2D eigenvalue weighted by Crippen LogP contribution is -2.48. The molecule has 28 heavy (non-hydrogen) atoms. The highest BCUT2D eigenvalue weighted by Gasteiger charge is 2.25. The zero-order chi connectivity index (χ0) is 20.5. The van der Waals surface area contributed by atoms with E-state index in [1.807, 2.05) is 50.2 Å². The number of benzene rings is 2. The number of nitrogens with one attached hydrogen (secondary N) is 1. The summed E-state index contributed by atoms with van der Waals surface area (Å²) < 4.78 is 0. The number of halogens is 1. The highest BCUT2D eigenvalue weighted by molar-refractivity contribution is 8.00. The van der Waals surface area contributed by atoms with Crippen LogP contribution in [-0.2, 0) is 16.1 Å². The van der Waals surface area contributed by atoms with Crippen LogP contribution in [0.2, 0.25) is 5.02 Å². The first-order chi connectivity index (χ1) is 13.4. The van der Waals surface area contributed by atoms with Gasteiger partial charge in [-0.25, -0.2) is 0 Å². The maximum Gasteiger partial charge on any atom is 0.242 e. The summed E-state index contributed by atoms with van der Waals surface area (Å²) in [6, 6.07) is 14.9. The first-order valence-corrected chi connectivity index (χ1v) is 10.8. The standard InChI is InChI=1S/C22H27ClN2O2S/c1-4-12-24-22(27)17(3)25(14-18-7-5-6-16(2)13-18)21(26)15-28-20-10-8-19(23)9-11-20/h5-11,13,17H,4,12,14-15H2,1-3H3,(H,24,27)/t17-/m0/s1. The number of hydrogen-bond acceptors (Lipinski definition) is 3. The van der Waals surface area contributed by atoms with Gasteiger partial charge in [-0.2, -0.15) is 0 Å². The van der Waals surface area contributed by atoms with Crippen molar-refractivity contribution in [3.63, 3.8) is 0 Å². The second-order valence-corrected chi connectivity index (χ2v) is 8.21. The van der Waals surface area contributed by atoms with Gasteiger partial charge in [-0.15, -0.1) is 11.8 Å². The topological polar surface area (TPSA) is 49.4 Å². The van der Waals surface area contributed by atoms with Crippen molar-refractivity contribution in [3.8, 4) is 0 Å². The Bertz CT molecular complexity index is 795. The van der Waals surface area contributed by atoms with Crippen molar-refractivity contribution in [3.05, 3.63) is 64.7 Å². The van der Waals surface area contributed by atoms with Gasteiger partial charge in [-0.3, -0.25) is 9.59 Å². The smallest absolute Gasteiger partial charge is 0.242 e. The second kappa shape index (κ2) is 11.1. The molecule has 0 bridgehead atoms. The molecule has 0 unspecified atom stereocenters. The van der Waals surface area contributed by atoms with Crippen molar-refractivity contribution in [2.45, 2.75) is 44.7 Å². The summed E-state index contributed by atoms with van der Waals surface area (Å²) in [5.41, 5.74) is 2.14. The van der Waals surface area contributed by atoms with Gasteiger partial charge in [0.05, 0.1) is 5.75 Å². The minimum absolute atomic E-state index is 0.0689. The number of rotatable bonds is 9. The van der Waals surface area contributed by atoms with Crippen LogP contribution in [-0.4, -0.2) is 35.1 Å². The van der Waals surface area contributed by atoms with Crippen molar-refractivity contribution in [1.82, 2.24) is 10.2 Å². The van der Waals surface area contributed by atoms with Crippen LogP contribution in [0, 0.1) is 6.92 Å². The third kappa shape index (κ3) is 6.88. The molecule has 150 valence electrons. The van der Waals surface area contributed by atoms with Gasteiger partial charge in [0.15, 0.2) is 0 Å². The summed E-state index contributed by atoms with van der Waals surface area (Å²) in [7, 11) is 0. The monoisotopic (exact) mass is 418 g/mol. The summed E-state index contributed by atoms with van der Waals surface area (Å²) in [6.07, 6.45) is 0.858. The third-order valence-corrected chi connectivity index (χ3v) is 5.58.